The highest BCUT2D eigenvalue weighted by Crippen LogP contribution is 2.20. The lowest BCUT2D eigenvalue weighted by Crippen LogP contribution is -2.13. The van der Waals surface area contributed by atoms with E-state index in [-0.39, 0.29) is 10.8 Å². The van der Waals surface area contributed by atoms with Crippen molar-refractivity contribution >= 4 is 0 Å². The van der Waals surface area contributed by atoms with Crippen LogP contribution in [0.15, 0.2) is 24.8 Å². The van der Waals surface area contributed by atoms with Gasteiger partial charge in [0, 0.05) is 37.3 Å². The monoisotopic (exact) mass is 488 g/mol. The molecule has 0 unspecified atom stereocenters. The Morgan fingerprint density at radius 3 is 1.31 bits per heavy atom. The first-order valence-corrected chi connectivity index (χ1v) is 12.7. The molecule has 0 aromatic carbocycles. The van der Waals surface area contributed by atoms with Gasteiger partial charge in [-0.25, -0.2) is 9.97 Å². The zero-order chi connectivity index (χ0) is 28.1. The smallest absolute Gasteiger partial charge is 0.125 e. The second-order valence-corrected chi connectivity index (χ2v) is 13.5. The van der Waals surface area contributed by atoms with Gasteiger partial charge in [-0.05, 0) is 35.7 Å². The number of nitrogens with zero attached hydrogens (tertiary/aromatic N) is 4. The van der Waals surface area contributed by atoms with Gasteiger partial charge in [-0.15, -0.1) is 0 Å². The summed E-state index contributed by atoms with van der Waals surface area (Å²) in [5.74, 6) is 0.831. The Balaban J connectivity index is 0. The van der Waals surface area contributed by atoms with Crippen LogP contribution in [0.5, 0.6) is 0 Å². The molecule has 0 bridgehead atoms. The minimum atomic E-state index is 0.112. The largest absolute Gasteiger partial charge is 0.384 e. The third-order valence-corrected chi connectivity index (χ3v) is 4.83. The van der Waals surface area contributed by atoms with Crippen molar-refractivity contribution in [2.45, 2.75) is 121 Å². The van der Waals surface area contributed by atoms with Gasteiger partial charge in [0.15, 0.2) is 0 Å². The average molecular weight is 489 g/mol. The van der Waals surface area contributed by atoms with Crippen molar-refractivity contribution in [2.24, 2.45) is 10.8 Å². The van der Waals surface area contributed by atoms with Gasteiger partial charge in [0.05, 0.1) is 18.0 Å². The summed E-state index contributed by atoms with van der Waals surface area (Å²) in [4.78, 5) is 16.7. The van der Waals surface area contributed by atoms with Gasteiger partial charge >= 0.3 is 0 Å². The molecule has 0 spiro atoms. The fourth-order valence-electron chi connectivity index (χ4n) is 1.99. The molecular weight excluding hydrogens is 432 g/mol. The molecule has 5 heteroatoms. The molecular formula is C30H56N4O. The number of rotatable bonds is 1. The van der Waals surface area contributed by atoms with E-state index in [1.807, 2.05) is 32.4 Å². The minimum Gasteiger partial charge on any atom is -0.384 e. The van der Waals surface area contributed by atoms with Crippen molar-refractivity contribution in [3.8, 4) is 0 Å². The maximum atomic E-state index is 4.91. The number of aryl methyl sites for hydroxylation is 2. The van der Waals surface area contributed by atoms with Crippen LogP contribution in [0.2, 0.25) is 0 Å². The highest BCUT2D eigenvalue weighted by Gasteiger charge is 2.15. The quantitative estimate of drug-likeness (QED) is 0.404. The molecule has 0 saturated carbocycles. The van der Waals surface area contributed by atoms with Gasteiger partial charge in [-0.2, -0.15) is 0 Å². The zero-order valence-electron chi connectivity index (χ0n) is 25.9. The van der Waals surface area contributed by atoms with Crippen LogP contribution in [0.25, 0.3) is 0 Å². The average Bonchev–Trinajstić information content (AvgIpc) is 2.67. The van der Waals surface area contributed by atoms with Gasteiger partial charge < -0.3 is 4.74 Å². The third kappa shape index (κ3) is 21.1. The Kier molecular flexibility index (Phi) is 15.4. The molecule has 35 heavy (non-hydrogen) atoms. The summed E-state index contributed by atoms with van der Waals surface area (Å²) >= 11 is 0. The van der Waals surface area contributed by atoms with Crippen molar-refractivity contribution in [3.05, 3.63) is 47.6 Å². The molecule has 2 heterocycles. The van der Waals surface area contributed by atoms with E-state index in [1.54, 1.807) is 13.3 Å². The predicted molar refractivity (Wildman–Crippen MR) is 152 cm³/mol. The van der Waals surface area contributed by atoms with Crippen LogP contribution in [0.1, 0.15) is 119 Å². The van der Waals surface area contributed by atoms with Crippen molar-refractivity contribution < 1.29 is 4.74 Å². The molecule has 0 radical (unpaired) electrons. The second kappa shape index (κ2) is 15.3. The number of hydrogen-bond acceptors (Lipinski definition) is 5. The molecule has 0 aliphatic heterocycles. The van der Waals surface area contributed by atoms with E-state index in [0.717, 1.165) is 23.8 Å². The number of methoxy groups -OCH3 is 1. The Bertz CT molecular complexity index is 730. The number of hydrogen-bond donors (Lipinski definition) is 0. The standard InChI is InChI=1S/2C9H14N2.C6H14O.C6H14/c1-7-10-5-8(6-11-7)9(2,3)4;1-7-5-11-8(6-10-7)9(2,3)4;1-6(2,3)5-7-4;1-5-6(2,3)4/h2*5-6H,1-4H3;5H2,1-4H3;5H2,1-4H3. The molecule has 0 aliphatic rings. The van der Waals surface area contributed by atoms with Crippen LogP contribution in [-0.2, 0) is 15.6 Å². The Morgan fingerprint density at radius 2 is 1.09 bits per heavy atom. The van der Waals surface area contributed by atoms with E-state index < -0.39 is 0 Å². The summed E-state index contributed by atoms with van der Waals surface area (Å²) in [5.41, 5.74) is 4.34. The summed E-state index contributed by atoms with van der Waals surface area (Å²) in [7, 11) is 1.73. The first-order valence-electron chi connectivity index (χ1n) is 12.7. The molecule has 5 nitrogen and oxygen atoms in total. The summed E-state index contributed by atoms with van der Waals surface area (Å²) in [6.45, 7) is 32.9. The van der Waals surface area contributed by atoms with Gasteiger partial charge in [0.1, 0.15) is 5.82 Å². The molecule has 0 saturated heterocycles. The van der Waals surface area contributed by atoms with Gasteiger partial charge in [-0.1, -0.05) is 96.4 Å². The number of aromatic nitrogens is 4. The summed E-state index contributed by atoms with van der Waals surface area (Å²) in [6, 6.07) is 0. The second-order valence-electron chi connectivity index (χ2n) is 13.5. The zero-order valence-corrected chi connectivity index (χ0v) is 25.9. The summed E-state index contributed by atoms with van der Waals surface area (Å²) in [5, 5.41) is 0. The fourth-order valence-corrected chi connectivity index (χ4v) is 1.99. The molecule has 2 aromatic rings. The maximum absolute atomic E-state index is 4.91. The Hall–Kier alpha value is -1.88. The molecule has 2 rings (SSSR count). The lowest BCUT2D eigenvalue weighted by molar-refractivity contribution is 0.116. The maximum Gasteiger partial charge on any atom is 0.125 e. The Morgan fingerprint density at radius 1 is 0.629 bits per heavy atom. The van der Waals surface area contributed by atoms with Crippen molar-refractivity contribution in [2.75, 3.05) is 13.7 Å². The van der Waals surface area contributed by atoms with Gasteiger partial charge in [0.2, 0.25) is 0 Å². The van der Waals surface area contributed by atoms with Crippen LogP contribution >= 0.6 is 0 Å². The fraction of sp³-hybridized carbons (Fsp3) is 0.733. The summed E-state index contributed by atoms with van der Waals surface area (Å²) < 4.78 is 4.91. The van der Waals surface area contributed by atoms with Crippen molar-refractivity contribution in [1.29, 1.82) is 0 Å². The highest BCUT2D eigenvalue weighted by molar-refractivity contribution is 5.15. The van der Waals surface area contributed by atoms with Crippen LogP contribution in [0.3, 0.4) is 0 Å². The summed E-state index contributed by atoms with van der Waals surface area (Å²) in [6.07, 6.45) is 8.70. The van der Waals surface area contributed by atoms with E-state index in [1.165, 1.54) is 12.0 Å². The molecule has 202 valence electrons. The van der Waals surface area contributed by atoms with Crippen LogP contribution in [0.4, 0.5) is 0 Å². The van der Waals surface area contributed by atoms with E-state index in [4.69, 9.17) is 4.74 Å². The molecule has 0 aliphatic carbocycles. The molecule has 0 fully saturated rings. The van der Waals surface area contributed by atoms with E-state index >= 15 is 0 Å². The highest BCUT2D eigenvalue weighted by atomic mass is 16.5. The third-order valence-electron chi connectivity index (χ3n) is 4.83. The SMILES string of the molecule is CCC(C)(C)C.COCC(C)(C)C.Cc1cnc(C(C)(C)C)cn1.Cc1ncc(C(C)(C)C)cn1. The Labute approximate surface area is 218 Å². The van der Waals surface area contributed by atoms with Gasteiger partial charge in [-0.3, -0.25) is 9.97 Å². The van der Waals surface area contributed by atoms with Crippen LogP contribution in [-0.4, -0.2) is 33.7 Å². The predicted octanol–water partition coefficient (Wildman–Crippen LogP) is 8.29. The van der Waals surface area contributed by atoms with Crippen LogP contribution < -0.4 is 0 Å². The molecule has 0 atom stereocenters. The van der Waals surface area contributed by atoms with E-state index in [0.29, 0.717) is 10.8 Å². The van der Waals surface area contributed by atoms with Crippen molar-refractivity contribution in [1.82, 2.24) is 19.9 Å². The normalized spacial score (nSPS) is 11.8. The first kappa shape index (κ1) is 35.3. The topological polar surface area (TPSA) is 60.8 Å². The molecule has 2 aromatic heterocycles. The lowest BCUT2D eigenvalue weighted by Gasteiger charge is -2.17. The number of ether oxygens (including phenoxy) is 1. The van der Waals surface area contributed by atoms with Crippen LogP contribution in [0, 0.1) is 24.7 Å². The van der Waals surface area contributed by atoms with Crippen molar-refractivity contribution in [3.63, 3.8) is 0 Å². The van der Waals surface area contributed by atoms with E-state index in [2.05, 4.69) is 110 Å². The lowest BCUT2D eigenvalue weighted by atomic mass is 9.89. The van der Waals surface area contributed by atoms with E-state index in [9.17, 15) is 0 Å². The first-order chi connectivity index (χ1) is 15.6. The molecule has 0 amide bonds. The molecule has 0 N–H and O–H groups in total. The van der Waals surface area contributed by atoms with Gasteiger partial charge in [0.25, 0.3) is 0 Å². The minimum absolute atomic E-state index is 0.112.